The first-order valence-corrected chi connectivity index (χ1v) is 8.90. The van der Waals surface area contributed by atoms with Crippen LogP contribution in [0.25, 0.3) is 0 Å². The zero-order valence-electron chi connectivity index (χ0n) is 15.6. The minimum Gasteiger partial charge on any atom is -0.388 e. The molecule has 1 heterocycles. The highest BCUT2D eigenvalue weighted by atomic mass is 16.2. The largest absolute Gasteiger partial charge is 0.388 e. The van der Waals surface area contributed by atoms with Crippen molar-refractivity contribution in [3.63, 3.8) is 0 Å². The van der Waals surface area contributed by atoms with Crippen molar-refractivity contribution in [1.29, 1.82) is 0 Å². The molecule has 1 aliphatic rings. The molecule has 0 spiro atoms. The molecular weight excluding hydrogens is 320 g/mol. The molecule has 0 aromatic heterocycles. The number of unbranched alkanes of at least 4 members (excludes halogenated alkanes) is 2. The van der Waals surface area contributed by atoms with Crippen LogP contribution in [0.1, 0.15) is 59.3 Å². The van der Waals surface area contributed by atoms with Crippen LogP contribution in [0.5, 0.6) is 0 Å². The third kappa shape index (κ3) is 7.53. The Balaban J connectivity index is 2.38. The first kappa shape index (κ1) is 20.9. The second-order valence-electron chi connectivity index (χ2n) is 6.85. The summed E-state index contributed by atoms with van der Waals surface area (Å²) in [4.78, 5) is 32.9. The zero-order valence-corrected chi connectivity index (χ0v) is 15.6. The van der Waals surface area contributed by atoms with Gasteiger partial charge >= 0.3 is 0 Å². The number of nitrogens with zero attached hydrogens (tertiary/aromatic N) is 2. The van der Waals surface area contributed by atoms with Gasteiger partial charge in [-0.05, 0) is 59.3 Å². The van der Waals surface area contributed by atoms with Gasteiger partial charge in [0.1, 0.15) is 11.6 Å². The minimum absolute atomic E-state index is 0.114. The van der Waals surface area contributed by atoms with Gasteiger partial charge in [0, 0.05) is 13.1 Å². The summed E-state index contributed by atoms with van der Waals surface area (Å²) in [7, 11) is 0. The molecule has 8 heteroatoms. The van der Waals surface area contributed by atoms with Gasteiger partial charge in [-0.1, -0.05) is 0 Å². The van der Waals surface area contributed by atoms with Gasteiger partial charge in [0.15, 0.2) is 0 Å². The summed E-state index contributed by atoms with van der Waals surface area (Å²) in [5, 5.41) is 5.75. The molecule has 2 amide bonds. The number of nitrogens with two attached hydrogens (primary N) is 2. The molecule has 0 aliphatic carbocycles. The number of piperazine rings is 1. The second kappa shape index (κ2) is 10.0. The summed E-state index contributed by atoms with van der Waals surface area (Å²) in [6, 6.07) is -0.465. The summed E-state index contributed by atoms with van der Waals surface area (Å²) in [6.07, 6.45) is 4.47. The Morgan fingerprint density at radius 1 is 1.04 bits per heavy atom. The molecule has 0 bridgehead atoms. The van der Waals surface area contributed by atoms with Crippen LogP contribution >= 0.6 is 0 Å². The molecule has 25 heavy (non-hydrogen) atoms. The number of hydrogen-bond donors (Lipinski definition) is 4. The van der Waals surface area contributed by atoms with E-state index in [1.54, 1.807) is 20.8 Å². The molecule has 0 aromatic carbocycles. The van der Waals surface area contributed by atoms with Crippen LogP contribution < -0.4 is 22.1 Å². The van der Waals surface area contributed by atoms with Crippen molar-refractivity contribution in [2.24, 2.45) is 21.5 Å². The predicted molar refractivity (Wildman–Crippen MR) is 101 cm³/mol. The van der Waals surface area contributed by atoms with Crippen molar-refractivity contribution in [1.82, 2.24) is 10.6 Å². The Hall–Kier alpha value is -2.12. The third-order valence-corrected chi connectivity index (χ3v) is 4.23. The highest BCUT2D eigenvalue weighted by Crippen LogP contribution is 2.19. The molecule has 6 N–H and O–H groups in total. The third-order valence-electron chi connectivity index (χ3n) is 4.23. The fourth-order valence-electron chi connectivity index (χ4n) is 2.74. The van der Waals surface area contributed by atoms with Crippen molar-refractivity contribution in [3.05, 3.63) is 0 Å². The number of amides is 2. The Labute approximate surface area is 149 Å². The molecule has 1 aliphatic heterocycles. The maximum atomic E-state index is 12.4. The molecule has 1 fully saturated rings. The van der Waals surface area contributed by atoms with Crippen LogP contribution in [0.3, 0.4) is 0 Å². The fraction of sp³-hybridized carbons (Fsp3) is 0.765. The fourth-order valence-corrected chi connectivity index (χ4v) is 2.74. The topological polar surface area (TPSA) is 135 Å². The molecular formula is C17H32N6O2. The van der Waals surface area contributed by atoms with E-state index in [9.17, 15) is 9.59 Å². The number of nitrogens with one attached hydrogen (secondary N) is 2. The minimum atomic E-state index is -0.851. The Morgan fingerprint density at radius 2 is 1.60 bits per heavy atom. The molecule has 1 rings (SSSR count). The average Bonchev–Trinajstić information content (AvgIpc) is 2.51. The van der Waals surface area contributed by atoms with Crippen LogP contribution in [0.15, 0.2) is 9.98 Å². The van der Waals surface area contributed by atoms with Crippen LogP contribution in [0, 0.1) is 0 Å². The molecule has 142 valence electrons. The Morgan fingerprint density at radius 3 is 2.16 bits per heavy atom. The predicted octanol–water partition coefficient (Wildman–Crippen LogP) is 0.455. The van der Waals surface area contributed by atoms with Gasteiger partial charge in [0.25, 0.3) is 0 Å². The number of carbonyl (C=O) groups is 2. The van der Waals surface area contributed by atoms with Crippen LogP contribution in [0.4, 0.5) is 0 Å². The quantitative estimate of drug-likeness (QED) is 0.258. The molecule has 0 saturated carbocycles. The van der Waals surface area contributed by atoms with Gasteiger partial charge in [-0.2, -0.15) is 0 Å². The highest BCUT2D eigenvalue weighted by Gasteiger charge is 2.41. The van der Waals surface area contributed by atoms with Gasteiger partial charge in [-0.3, -0.25) is 19.6 Å². The van der Waals surface area contributed by atoms with E-state index in [0.717, 1.165) is 25.7 Å². The standard InChI is InChI=1S/C17H32N6O2/c1-12(18)20-10-6-4-8-14-15(24)23-17(3,16(25)22-14)9-5-7-11-21-13(2)19/h14H,4-11H2,1-3H3,(H2,18,20)(H2,19,21)(H,22,25)(H,23,24). The molecule has 0 aromatic rings. The zero-order chi connectivity index (χ0) is 18.9. The van der Waals surface area contributed by atoms with Crippen molar-refractivity contribution in [2.75, 3.05) is 13.1 Å². The SMILES string of the molecule is CC(N)=NCCCCC1NC(=O)C(C)(CCCCN=C(C)N)NC1=O. The van der Waals surface area contributed by atoms with Crippen LogP contribution in [0.2, 0.25) is 0 Å². The molecule has 2 atom stereocenters. The second-order valence-corrected chi connectivity index (χ2v) is 6.85. The van der Waals surface area contributed by atoms with Crippen molar-refractivity contribution < 1.29 is 9.59 Å². The van der Waals surface area contributed by atoms with E-state index in [1.165, 1.54) is 0 Å². The number of amidine groups is 2. The Bertz CT molecular complexity index is 523. The molecule has 8 nitrogen and oxygen atoms in total. The lowest BCUT2D eigenvalue weighted by atomic mass is 9.89. The van der Waals surface area contributed by atoms with E-state index in [-0.39, 0.29) is 11.8 Å². The first-order valence-electron chi connectivity index (χ1n) is 8.90. The summed E-state index contributed by atoms with van der Waals surface area (Å²) in [5.41, 5.74) is 10.1. The highest BCUT2D eigenvalue weighted by molar-refractivity contribution is 5.99. The normalized spacial score (nSPS) is 24.8. The van der Waals surface area contributed by atoms with Gasteiger partial charge in [0.05, 0.1) is 11.7 Å². The molecule has 0 radical (unpaired) electrons. The lowest BCUT2D eigenvalue weighted by Gasteiger charge is -2.37. The van der Waals surface area contributed by atoms with E-state index >= 15 is 0 Å². The number of rotatable bonds is 10. The monoisotopic (exact) mass is 352 g/mol. The number of carbonyl (C=O) groups excluding carboxylic acids is 2. The van der Waals surface area contributed by atoms with Crippen LogP contribution in [-0.2, 0) is 9.59 Å². The molecule has 2 unspecified atom stereocenters. The van der Waals surface area contributed by atoms with Gasteiger partial charge in [-0.25, -0.2) is 0 Å². The van der Waals surface area contributed by atoms with E-state index in [0.29, 0.717) is 37.6 Å². The Kier molecular flexibility index (Phi) is 8.37. The average molecular weight is 352 g/mol. The first-order chi connectivity index (χ1) is 11.7. The maximum absolute atomic E-state index is 12.4. The van der Waals surface area contributed by atoms with E-state index in [1.807, 2.05) is 0 Å². The maximum Gasteiger partial charge on any atom is 0.246 e. The van der Waals surface area contributed by atoms with E-state index in [2.05, 4.69) is 20.6 Å². The lowest BCUT2D eigenvalue weighted by Crippen LogP contribution is -2.68. The summed E-state index contributed by atoms with van der Waals surface area (Å²) in [6.45, 7) is 6.56. The smallest absolute Gasteiger partial charge is 0.246 e. The van der Waals surface area contributed by atoms with Crippen molar-refractivity contribution in [3.8, 4) is 0 Å². The van der Waals surface area contributed by atoms with Gasteiger partial charge < -0.3 is 22.1 Å². The van der Waals surface area contributed by atoms with Crippen molar-refractivity contribution >= 4 is 23.5 Å². The molecule has 1 saturated heterocycles. The summed E-state index contributed by atoms with van der Waals surface area (Å²) in [5.74, 6) is 0.889. The van der Waals surface area contributed by atoms with Crippen LogP contribution in [-0.4, -0.2) is 48.2 Å². The van der Waals surface area contributed by atoms with E-state index in [4.69, 9.17) is 11.5 Å². The number of hydrogen-bond acceptors (Lipinski definition) is 4. The van der Waals surface area contributed by atoms with Gasteiger partial charge in [0.2, 0.25) is 11.8 Å². The summed E-state index contributed by atoms with van der Waals surface area (Å²) < 4.78 is 0. The van der Waals surface area contributed by atoms with E-state index < -0.39 is 11.6 Å². The van der Waals surface area contributed by atoms with Crippen molar-refractivity contribution in [2.45, 2.75) is 70.9 Å². The number of aliphatic imine (C=N–C) groups is 2. The van der Waals surface area contributed by atoms with Gasteiger partial charge in [-0.15, -0.1) is 0 Å². The lowest BCUT2D eigenvalue weighted by molar-refractivity contribution is -0.141. The summed E-state index contributed by atoms with van der Waals surface area (Å²) >= 11 is 0.